The molecule has 0 saturated carbocycles. The van der Waals surface area contributed by atoms with Crippen LogP contribution in [-0.2, 0) is 0 Å². The molecule has 2 heteroatoms. The summed E-state index contributed by atoms with van der Waals surface area (Å²) in [7, 11) is 1.25. The standard InChI is InChI=1S/C8H19P.Na.H/c1-3-5-7-9-8-6-4-2;;/h9H,3-8H2,1-2H3;;/q;+1;-1. The average molecular weight is 170 g/mol. The van der Waals surface area contributed by atoms with Crippen LogP contribution in [0.5, 0.6) is 0 Å². The minimum atomic E-state index is 0. The van der Waals surface area contributed by atoms with Crippen LogP contribution in [0, 0.1) is 0 Å². The van der Waals surface area contributed by atoms with Gasteiger partial charge in [-0.15, -0.1) is 8.58 Å². The number of hydrogen-bond acceptors (Lipinski definition) is 0. The van der Waals surface area contributed by atoms with Gasteiger partial charge < -0.3 is 1.43 Å². The third-order valence-corrected chi connectivity index (χ3v) is 2.83. The van der Waals surface area contributed by atoms with Crippen LogP contribution in [0.4, 0.5) is 0 Å². The summed E-state index contributed by atoms with van der Waals surface area (Å²) in [5, 5.41) is 0. The fourth-order valence-corrected chi connectivity index (χ4v) is 2.19. The molecule has 0 nitrogen and oxygen atoms in total. The van der Waals surface area contributed by atoms with E-state index in [0.29, 0.717) is 0 Å². The van der Waals surface area contributed by atoms with Crippen LogP contribution in [0.25, 0.3) is 0 Å². The molecule has 0 aromatic rings. The maximum atomic E-state index is 2.27. The molecule has 0 aliphatic rings. The zero-order valence-corrected chi connectivity index (χ0v) is 10.7. The van der Waals surface area contributed by atoms with Crippen LogP contribution in [0.15, 0.2) is 0 Å². The minimum absolute atomic E-state index is 0. The van der Waals surface area contributed by atoms with Gasteiger partial charge in [0, 0.05) is 0 Å². The molecule has 0 fully saturated rings. The van der Waals surface area contributed by atoms with Crippen molar-refractivity contribution < 1.29 is 31.0 Å². The van der Waals surface area contributed by atoms with E-state index in [1.54, 1.807) is 0 Å². The Morgan fingerprint density at radius 2 is 1.40 bits per heavy atom. The third kappa shape index (κ3) is 12.1. The van der Waals surface area contributed by atoms with Crippen LogP contribution < -0.4 is 29.6 Å². The van der Waals surface area contributed by atoms with Gasteiger partial charge in [0.25, 0.3) is 0 Å². The summed E-state index contributed by atoms with van der Waals surface area (Å²) in [6, 6.07) is 0. The first kappa shape index (κ1) is 14.0. The van der Waals surface area contributed by atoms with E-state index < -0.39 is 0 Å². The summed E-state index contributed by atoms with van der Waals surface area (Å²) in [6.45, 7) is 4.54. The summed E-state index contributed by atoms with van der Waals surface area (Å²) >= 11 is 0. The molecule has 0 atom stereocenters. The molecule has 0 bridgehead atoms. The molecule has 0 aliphatic heterocycles. The van der Waals surface area contributed by atoms with Crippen molar-refractivity contribution in [1.82, 2.24) is 0 Å². The van der Waals surface area contributed by atoms with Crippen molar-refractivity contribution in [3.63, 3.8) is 0 Å². The van der Waals surface area contributed by atoms with E-state index in [0.717, 1.165) is 0 Å². The SMILES string of the molecule is CCCCPCCCC.[H-].[Na+]. The van der Waals surface area contributed by atoms with Gasteiger partial charge in [-0.1, -0.05) is 26.7 Å². The van der Waals surface area contributed by atoms with Crippen LogP contribution in [0.2, 0.25) is 0 Å². The van der Waals surface area contributed by atoms with Crippen molar-refractivity contribution in [3.05, 3.63) is 0 Å². The molecule has 0 rings (SSSR count). The summed E-state index contributed by atoms with van der Waals surface area (Å²) in [6.07, 6.45) is 8.61. The Labute approximate surface area is 91.1 Å². The number of hydrogen-bond donors (Lipinski definition) is 0. The zero-order valence-electron chi connectivity index (χ0n) is 8.74. The molecule has 0 saturated heterocycles. The zero-order chi connectivity index (χ0) is 6.95. The van der Waals surface area contributed by atoms with Crippen molar-refractivity contribution in [2.45, 2.75) is 39.5 Å². The van der Waals surface area contributed by atoms with Gasteiger partial charge >= 0.3 is 29.6 Å². The van der Waals surface area contributed by atoms with E-state index in [4.69, 9.17) is 0 Å². The molecular formula is C8H20NaP. The topological polar surface area (TPSA) is 0 Å². The number of rotatable bonds is 6. The smallest absolute Gasteiger partial charge is 1.00 e. The van der Waals surface area contributed by atoms with E-state index in [1.807, 2.05) is 0 Å². The van der Waals surface area contributed by atoms with Crippen molar-refractivity contribution >= 4 is 8.58 Å². The molecule has 0 N–H and O–H groups in total. The quantitative estimate of drug-likeness (QED) is 0.307. The first-order chi connectivity index (χ1) is 4.41. The van der Waals surface area contributed by atoms with Crippen LogP contribution >= 0.6 is 8.58 Å². The van der Waals surface area contributed by atoms with Gasteiger partial charge in [-0.25, -0.2) is 0 Å². The first-order valence-electron chi connectivity index (χ1n) is 4.12. The molecule has 58 valence electrons. The number of unbranched alkanes of at least 4 members (excludes halogenated alkanes) is 2. The van der Waals surface area contributed by atoms with Crippen molar-refractivity contribution in [2.24, 2.45) is 0 Å². The Balaban J connectivity index is -0.000000320. The van der Waals surface area contributed by atoms with Gasteiger partial charge in [-0.2, -0.15) is 0 Å². The average Bonchev–Trinajstić information content (AvgIpc) is 1.89. The summed E-state index contributed by atoms with van der Waals surface area (Å²) in [5.41, 5.74) is 0. The maximum absolute atomic E-state index is 2.27. The summed E-state index contributed by atoms with van der Waals surface area (Å²) < 4.78 is 0. The second-order valence-electron chi connectivity index (χ2n) is 2.46. The Kier molecular flexibility index (Phi) is 18.2. The van der Waals surface area contributed by atoms with E-state index in [9.17, 15) is 0 Å². The van der Waals surface area contributed by atoms with Gasteiger partial charge in [-0.3, -0.25) is 0 Å². The molecule has 0 radical (unpaired) electrons. The molecule has 10 heavy (non-hydrogen) atoms. The van der Waals surface area contributed by atoms with Gasteiger partial charge in [0.1, 0.15) is 0 Å². The molecular weight excluding hydrogens is 150 g/mol. The molecule has 0 heterocycles. The van der Waals surface area contributed by atoms with Crippen LogP contribution in [0.1, 0.15) is 41.0 Å². The van der Waals surface area contributed by atoms with E-state index in [1.165, 1.54) is 46.6 Å². The van der Waals surface area contributed by atoms with Crippen LogP contribution in [-0.4, -0.2) is 12.3 Å². The van der Waals surface area contributed by atoms with Gasteiger partial charge in [-0.05, 0) is 25.2 Å². The van der Waals surface area contributed by atoms with E-state index in [2.05, 4.69) is 13.8 Å². The predicted octanol–water partition coefficient (Wildman–Crippen LogP) is 0.382. The fourth-order valence-electron chi connectivity index (χ4n) is 0.729. The summed E-state index contributed by atoms with van der Waals surface area (Å²) in [4.78, 5) is 0. The fraction of sp³-hybridized carbons (Fsp3) is 1.00. The predicted molar refractivity (Wildman–Crippen MR) is 49.0 cm³/mol. The van der Waals surface area contributed by atoms with E-state index in [-0.39, 0.29) is 31.0 Å². The Bertz CT molecular complexity index is 47.4. The Morgan fingerprint density at radius 1 is 1.00 bits per heavy atom. The Hall–Kier alpha value is 1.43. The molecule has 0 unspecified atom stereocenters. The van der Waals surface area contributed by atoms with Crippen LogP contribution in [0.3, 0.4) is 0 Å². The van der Waals surface area contributed by atoms with Gasteiger partial charge in [0.05, 0.1) is 0 Å². The molecule has 0 aliphatic carbocycles. The Morgan fingerprint density at radius 3 is 1.70 bits per heavy atom. The molecule has 0 aromatic carbocycles. The maximum Gasteiger partial charge on any atom is 1.00 e. The largest absolute Gasteiger partial charge is 1.00 e. The molecule has 0 aromatic heterocycles. The normalized spacial score (nSPS) is 9.00. The van der Waals surface area contributed by atoms with E-state index >= 15 is 0 Å². The third-order valence-electron chi connectivity index (χ3n) is 1.41. The second kappa shape index (κ2) is 13.1. The summed E-state index contributed by atoms with van der Waals surface area (Å²) in [5.74, 6) is 0. The van der Waals surface area contributed by atoms with Gasteiger partial charge in [0.2, 0.25) is 0 Å². The second-order valence-corrected chi connectivity index (χ2v) is 3.96. The van der Waals surface area contributed by atoms with Crippen molar-refractivity contribution in [3.8, 4) is 0 Å². The molecule has 0 spiro atoms. The monoisotopic (exact) mass is 170 g/mol. The van der Waals surface area contributed by atoms with Gasteiger partial charge in [0.15, 0.2) is 0 Å². The van der Waals surface area contributed by atoms with Crippen molar-refractivity contribution in [1.29, 1.82) is 0 Å². The first-order valence-corrected chi connectivity index (χ1v) is 5.54. The molecule has 0 amide bonds. The van der Waals surface area contributed by atoms with Crippen molar-refractivity contribution in [2.75, 3.05) is 12.3 Å². The minimum Gasteiger partial charge on any atom is -1.00 e.